The molecular weight excluding hydrogens is 300 g/mol. The lowest BCUT2D eigenvalue weighted by Crippen LogP contribution is -2.38. The molecule has 1 fully saturated rings. The SMILES string of the molecule is O=C(Nc1ccc(O)c(C(=O)O)c1)NC1CCS(=O)(=O)C1. The van der Waals surface area contributed by atoms with E-state index in [-0.39, 0.29) is 22.8 Å². The van der Waals surface area contributed by atoms with E-state index in [9.17, 15) is 23.1 Å². The lowest BCUT2D eigenvalue weighted by molar-refractivity contribution is 0.0693. The van der Waals surface area contributed by atoms with E-state index < -0.39 is 33.6 Å². The Labute approximate surface area is 120 Å². The number of carbonyl (C=O) groups excluding carboxylic acids is 1. The van der Waals surface area contributed by atoms with Crippen LogP contribution in [0.3, 0.4) is 0 Å². The van der Waals surface area contributed by atoms with Crippen LogP contribution in [0.5, 0.6) is 5.75 Å². The maximum Gasteiger partial charge on any atom is 0.339 e. The Morgan fingerprint density at radius 1 is 1.29 bits per heavy atom. The summed E-state index contributed by atoms with van der Waals surface area (Å²) in [7, 11) is -3.09. The number of benzene rings is 1. The van der Waals surface area contributed by atoms with Crippen LogP contribution in [0.2, 0.25) is 0 Å². The van der Waals surface area contributed by atoms with E-state index in [0.717, 1.165) is 12.1 Å². The molecular formula is C12H14N2O6S. The van der Waals surface area contributed by atoms with Crippen LogP contribution in [0.4, 0.5) is 10.5 Å². The van der Waals surface area contributed by atoms with Crippen LogP contribution in [0.15, 0.2) is 18.2 Å². The summed E-state index contributed by atoms with van der Waals surface area (Å²) in [6, 6.07) is 2.53. The Hall–Kier alpha value is -2.29. The monoisotopic (exact) mass is 314 g/mol. The first kappa shape index (κ1) is 15.1. The summed E-state index contributed by atoms with van der Waals surface area (Å²) in [4.78, 5) is 22.6. The molecule has 9 heteroatoms. The highest BCUT2D eigenvalue weighted by atomic mass is 32.2. The summed E-state index contributed by atoms with van der Waals surface area (Å²) in [5.74, 6) is -1.79. The summed E-state index contributed by atoms with van der Waals surface area (Å²) in [6.07, 6.45) is 0.353. The minimum atomic E-state index is -3.09. The third-order valence-electron chi connectivity index (χ3n) is 3.05. The quantitative estimate of drug-likeness (QED) is 0.597. The zero-order chi connectivity index (χ0) is 15.6. The fourth-order valence-corrected chi connectivity index (χ4v) is 3.72. The molecule has 0 saturated carbocycles. The molecule has 1 heterocycles. The van der Waals surface area contributed by atoms with Crippen molar-refractivity contribution in [2.75, 3.05) is 16.8 Å². The number of phenols is 1. The first-order chi connectivity index (χ1) is 9.77. The van der Waals surface area contributed by atoms with E-state index in [0.29, 0.717) is 6.42 Å². The van der Waals surface area contributed by atoms with Crippen molar-refractivity contribution in [1.82, 2.24) is 5.32 Å². The van der Waals surface area contributed by atoms with Crippen molar-refractivity contribution in [3.05, 3.63) is 23.8 Å². The molecule has 1 unspecified atom stereocenters. The van der Waals surface area contributed by atoms with Gasteiger partial charge in [-0.2, -0.15) is 0 Å². The van der Waals surface area contributed by atoms with Crippen LogP contribution >= 0.6 is 0 Å². The van der Waals surface area contributed by atoms with Gasteiger partial charge in [0, 0.05) is 11.7 Å². The summed E-state index contributed by atoms with van der Waals surface area (Å²) in [6.45, 7) is 0. The number of rotatable bonds is 3. The van der Waals surface area contributed by atoms with Gasteiger partial charge in [0.1, 0.15) is 11.3 Å². The van der Waals surface area contributed by atoms with Crippen LogP contribution < -0.4 is 10.6 Å². The van der Waals surface area contributed by atoms with Gasteiger partial charge in [-0.15, -0.1) is 0 Å². The molecule has 0 bridgehead atoms. The number of hydrogen-bond acceptors (Lipinski definition) is 5. The fraction of sp³-hybridized carbons (Fsp3) is 0.333. The van der Waals surface area contributed by atoms with E-state index in [2.05, 4.69) is 10.6 Å². The first-order valence-electron chi connectivity index (χ1n) is 6.11. The lowest BCUT2D eigenvalue weighted by Gasteiger charge is -2.12. The topological polar surface area (TPSA) is 133 Å². The number of amides is 2. The van der Waals surface area contributed by atoms with Gasteiger partial charge in [-0.05, 0) is 24.6 Å². The molecule has 4 N–H and O–H groups in total. The number of carboxylic acids is 1. The summed E-state index contributed by atoms with van der Waals surface area (Å²) < 4.78 is 22.5. The molecule has 2 amide bonds. The molecule has 0 radical (unpaired) electrons. The summed E-state index contributed by atoms with van der Waals surface area (Å²) in [5, 5.41) is 23.1. The highest BCUT2D eigenvalue weighted by Crippen LogP contribution is 2.21. The maximum absolute atomic E-state index is 11.7. The molecule has 0 aromatic heterocycles. The van der Waals surface area contributed by atoms with E-state index in [1.54, 1.807) is 0 Å². The predicted octanol–water partition coefficient (Wildman–Crippen LogP) is 0.399. The van der Waals surface area contributed by atoms with Crippen molar-refractivity contribution in [2.24, 2.45) is 0 Å². The molecule has 0 aliphatic carbocycles. The standard InChI is InChI=1S/C12H14N2O6S/c15-10-2-1-7(5-9(10)11(16)17)13-12(18)14-8-3-4-21(19,20)6-8/h1-2,5,8,15H,3-4,6H2,(H,16,17)(H2,13,14,18). The Balaban J connectivity index is 2.00. The Bertz CT molecular complexity index is 685. The number of anilines is 1. The van der Waals surface area contributed by atoms with E-state index in [4.69, 9.17) is 5.11 Å². The van der Waals surface area contributed by atoms with Crippen molar-refractivity contribution < 1.29 is 28.2 Å². The summed E-state index contributed by atoms with van der Waals surface area (Å²) in [5.41, 5.74) is -0.153. The molecule has 0 spiro atoms. The summed E-state index contributed by atoms with van der Waals surface area (Å²) >= 11 is 0. The zero-order valence-corrected chi connectivity index (χ0v) is 11.7. The van der Waals surface area contributed by atoms with Gasteiger partial charge in [-0.1, -0.05) is 0 Å². The van der Waals surface area contributed by atoms with Crippen molar-refractivity contribution >= 4 is 27.5 Å². The number of carboxylic acid groups (broad SMARTS) is 1. The smallest absolute Gasteiger partial charge is 0.339 e. The van der Waals surface area contributed by atoms with Gasteiger partial charge in [0.15, 0.2) is 9.84 Å². The number of aromatic hydroxyl groups is 1. The minimum absolute atomic E-state index is 0.0420. The number of hydrogen-bond donors (Lipinski definition) is 4. The fourth-order valence-electron chi connectivity index (χ4n) is 2.05. The Morgan fingerprint density at radius 2 is 2.00 bits per heavy atom. The second kappa shape index (κ2) is 5.60. The molecule has 1 saturated heterocycles. The Kier molecular flexibility index (Phi) is 4.03. The van der Waals surface area contributed by atoms with Gasteiger partial charge < -0.3 is 20.8 Å². The van der Waals surface area contributed by atoms with Gasteiger partial charge in [-0.25, -0.2) is 18.0 Å². The van der Waals surface area contributed by atoms with Crippen LogP contribution in [0.1, 0.15) is 16.8 Å². The third kappa shape index (κ3) is 3.85. The zero-order valence-electron chi connectivity index (χ0n) is 10.9. The highest BCUT2D eigenvalue weighted by molar-refractivity contribution is 7.91. The van der Waals surface area contributed by atoms with E-state index >= 15 is 0 Å². The van der Waals surface area contributed by atoms with Gasteiger partial charge in [-0.3, -0.25) is 0 Å². The minimum Gasteiger partial charge on any atom is -0.507 e. The van der Waals surface area contributed by atoms with Gasteiger partial charge in [0.05, 0.1) is 11.5 Å². The van der Waals surface area contributed by atoms with Gasteiger partial charge in [0.25, 0.3) is 0 Å². The number of carbonyl (C=O) groups is 2. The maximum atomic E-state index is 11.7. The van der Waals surface area contributed by atoms with Gasteiger partial charge in [0.2, 0.25) is 0 Å². The first-order valence-corrected chi connectivity index (χ1v) is 7.93. The molecule has 1 aliphatic heterocycles. The Morgan fingerprint density at radius 3 is 2.57 bits per heavy atom. The lowest BCUT2D eigenvalue weighted by atomic mass is 10.2. The van der Waals surface area contributed by atoms with Crippen molar-refractivity contribution in [2.45, 2.75) is 12.5 Å². The molecule has 2 rings (SSSR count). The van der Waals surface area contributed by atoms with Crippen LogP contribution in [0, 0.1) is 0 Å². The number of aromatic carboxylic acids is 1. The van der Waals surface area contributed by atoms with Crippen molar-refractivity contribution in [1.29, 1.82) is 0 Å². The molecule has 1 aromatic carbocycles. The molecule has 1 aliphatic rings. The average Bonchev–Trinajstić information content (AvgIpc) is 2.70. The molecule has 114 valence electrons. The number of nitrogens with one attached hydrogen (secondary N) is 2. The predicted molar refractivity (Wildman–Crippen MR) is 74.3 cm³/mol. The second-order valence-electron chi connectivity index (χ2n) is 4.74. The van der Waals surface area contributed by atoms with Crippen molar-refractivity contribution in [3.8, 4) is 5.75 Å². The largest absolute Gasteiger partial charge is 0.507 e. The second-order valence-corrected chi connectivity index (χ2v) is 6.96. The number of sulfone groups is 1. The third-order valence-corrected chi connectivity index (χ3v) is 4.82. The highest BCUT2D eigenvalue weighted by Gasteiger charge is 2.28. The average molecular weight is 314 g/mol. The van der Waals surface area contributed by atoms with Crippen LogP contribution in [0.25, 0.3) is 0 Å². The molecule has 1 atom stereocenters. The van der Waals surface area contributed by atoms with Crippen LogP contribution in [-0.2, 0) is 9.84 Å². The number of urea groups is 1. The molecule has 1 aromatic rings. The molecule has 8 nitrogen and oxygen atoms in total. The van der Waals surface area contributed by atoms with Crippen LogP contribution in [-0.4, -0.2) is 48.2 Å². The van der Waals surface area contributed by atoms with Crippen molar-refractivity contribution in [3.63, 3.8) is 0 Å². The van der Waals surface area contributed by atoms with E-state index in [1.807, 2.05) is 0 Å². The molecule has 21 heavy (non-hydrogen) atoms. The van der Waals surface area contributed by atoms with Gasteiger partial charge >= 0.3 is 12.0 Å². The normalized spacial score (nSPS) is 19.9. The van der Waals surface area contributed by atoms with E-state index in [1.165, 1.54) is 6.07 Å².